The van der Waals surface area contributed by atoms with E-state index in [1.165, 1.54) is 43.7 Å². The normalized spacial score (nSPS) is 15.7. The number of hydrogen-bond donors (Lipinski definition) is 0. The minimum absolute atomic E-state index is 0.192. The number of allylic oxidation sites excluding steroid dienone is 5. The first kappa shape index (κ1) is 29.0. The first-order valence-corrected chi connectivity index (χ1v) is 18.0. The summed E-state index contributed by atoms with van der Waals surface area (Å²) in [6.45, 7) is 0. The van der Waals surface area contributed by atoms with Crippen molar-refractivity contribution in [3.63, 3.8) is 0 Å². The number of nitrogens with zero attached hydrogens (tertiary/aromatic N) is 4. The summed E-state index contributed by atoms with van der Waals surface area (Å²) < 4.78 is 4.99. The predicted molar refractivity (Wildman–Crippen MR) is 217 cm³/mol. The third-order valence-corrected chi connectivity index (χ3v) is 10.8. The van der Waals surface area contributed by atoms with Gasteiger partial charge in [0, 0.05) is 56.3 Å². The molecule has 6 aromatic carbocycles. The number of pyridine rings is 1. The Morgan fingerprint density at radius 2 is 1.10 bits per heavy atom. The van der Waals surface area contributed by atoms with Crippen LogP contribution in [0.5, 0.6) is 0 Å². The van der Waals surface area contributed by atoms with Crippen LogP contribution in [0.4, 0.5) is 0 Å². The Hall–Kier alpha value is -6.78. The van der Waals surface area contributed by atoms with Gasteiger partial charge in [-0.25, -0.2) is 4.98 Å². The van der Waals surface area contributed by atoms with Crippen molar-refractivity contribution >= 4 is 66.1 Å². The summed E-state index contributed by atoms with van der Waals surface area (Å²) in [6.07, 6.45) is 9.56. The quantitative estimate of drug-likeness (QED) is 0.172. The van der Waals surface area contributed by atoms with Crippen molar-refractivity contribution in [2.24, 2.45) is 10.9 Å². The molecular formula is C48H32N4. The van der Waals surface area contributed by atoms with Gasteiger partial charge >= 0.3 is 0 Å². The minimum atomic E-state index is 0.192. The van der Waals surface area contributed by atoms with Gasteiger partial charge in [0.25, 0.3) is 0 Å². The Morgan fingerprint density at radius 1 is 0.500 bits per heavy atom. The molecule has 3 aromatic heterocycles. The molecule has 0 amide bonds. The molecule has 52 heavy (non-hydrogen) atoms. The second-order valence-corrected chi connectivity index (χ2v) is 13.7. The van der Waals surface area contributed by atoms with Crippen LogP contribution in [0.2, 0.25) is 0 Å². The van der Waals surface area contributed by atoms with Crippen LogP contribution >= 0.6 is 0 Å². The van der Waals surface area contributed by atoms with E-state index in [4.69, 9.17) is 9.98 Å². The zero-order valence-corrected chi connectivity index (χ0v) is 28.3. The summed E-state index contributed by atoms with van der Waals surface area (Å²) in [5.41, 5.74) is 12.2. The number of hydrogen-bond acceptors (Lipinski definition) is 2. The topological polar surface area (TPSA) is 34.6 Å². The van der Waals surface area contributed by atoms with Crippen molar-refractivity contribution in [1.82, 2.24) is 14.0 Å². The SMILES string of the molecule is C1=CC2=NC(c3ccccc3)=C(n3c4ccccc4c4ccc5c6ccccc6c6c(-c7ccccc7)nc(-c7ccccc7)n6c5c43)C[C@@H]2C=C1. The van der Waals surface area contributed by atoms with E-state index in [2.05, 4.69) is 185 Å². The molecule has 1 aliphatic carbocycles. The van der Waals surface area contributed by atoms with Gasteiger partial charge in [-0.1, -0.05) is 164 Å². The maximum absolute atomic E-state index is 5.55. The zero-order valence-electron chi connectivity index (χ0n) is 28.3. The van der Waals surface area contributed by atoms with E-state index in [1.54, 1.807) is 0 Å². The summed E-state index contributed by atoms with van der Waals surface area (Å²) in [4.78, 5) is 11.0. The fourth-order valence-corrected chi connectivity index (χ4v) is 8.54. The lowest BCUT2D eigenvalue weighted by Gasteiger charge is -2.27. The first-order valence-electron chi connectivity index (χ1n) is 18.0. The first-order chi connectivity index (χ1) is 25.8. The second-order valence-electron chi connectivity index (χ2n) is 13.7. The minimum Gasteiger partial charge on any atom is -0.309 e. The van der Waals surface area contributed by atoms with Crippen molar-refractivity contribution in [2.75, 3.05) is 0 Å². The van der Waals surface area contributed by atoms with Gasteiger partial charge in [-0.05, 0) is 17.5 Å². The maximum atomic E-state index is 5.55. The monoisotopic (exact) mass is 664 g/mol. The van der Waals surface area contributed by atoms with E-state index in [1.807, 2.05) is 0 Å². The average Bonchev–Trinajstić information content (AvgIpc) is 3.79. The molecule has 0 spiro atoms. The van der Waals surface area contributed by atoms with Gasteiger partial charge in [0.2, 0.25) is 0 Å². The predicted octanol–water partition coefficient (Wildman–Crippen LogP) is 12.0. The van der Waals surface area contributed by atoms with E-state index in [9.17, 15) is 0 Å². The standard InChI is InChI=1S/C48H32N4/c1-4-16-31(17-5-1)43-42(30-34-22-10-14-26-40(34)49-43)51-41-27-15-13-24-36(41)39-29-28-38-35-23-11-12-25-37(35)45-44(32-18-6-2-7-19-32)50-48(33-20-8-3-9-21-33)52(45)47(38)46(39)51/h1-29,34H,30H2/t34-/m0/s1. The smallest absolute Gasteiger partial charge is 0.145 e. The highest BCUT2D eigenvalue weighted by molar-refractivity contribution is 6.26. The molecule has 0 bridgehead atoms. The summed E-state index contributed by atoms with van der Waals surface area (Å²) >= 11 is 0. The molecule has 9 aromatic rings. The van der Waals surface area contributed by atoms with E-state index >= 15 is 0 Å². The van der Waals surface area contributed by atoms with Crippen molar-refractivity contribution in [2.45, 2.75) is 6.42 Å². The fraction of sp³-hybridized carbons (Fsp3) is 0.0417. The Morgan fingerprint density at radius 3 is 1.85 bits per heavy atom. The highest BCUT2D eigenvalue weighted by Crippen LogP contribution is 2.46. The van der Waals surface area contributed by atoms with Gasteiger partial charge in [0.05, 0.1) is 39.2 Å². The van der Waals surface area contributed by atoms with Crippen LogP contribution in [0.15, 0.2) is 181 Å². The molecule has 4 heteroatoms. The van der Waals surface area contributed by atoms with E-state index in [0.29, 0.717) is 0 Å². The third-order valence-electron chi connectivity index (χ3n) is 10.8. The van der Waals surface area contributed by atoms with Crippen molar-refractivity contribution in [1.29, 1.82) is 0 Å². The zero-order chi connectivity index (χ0) is 34.2. The van der Waals surface area contributed by atoms with Crippen LogP contribution in [0.3, 0.4) is 0 Å². The van der Waals surface area contributed by atoms with Crippen LogP contribution < -0.4 is 0 Å². The van der Waals surface area contributed by atoms with Gasteiger partial charge in [-0.2, -0.15) is 0 Å². The largest absolute Gasteiger partial charge is 0.309 e. The van der Waals surface area contributed by atoms with Crippen molar-refractivity contribution in [3.05, 3.63) is 182 Å². The van der Waals surface area contributed by atoms with Crippen LogP contribution in [0.1, 0.15) is 12.0 Å². The fourth-order valence-electron chi connectivity index (χ4n) is 8.54. The number of imidazole rings is 1. The molecule has 11 rings (SSSR count). The Kier molecular flexibility index (Phi) is 6.34. The van der Waals surface area contributed by atoms with E-state index in [0.717, 1.165) is 57.1 Å². The van der Waals surface area contributed by atoms with Gasteiger partial charge < -0.3 is 4.57 Å². The molecule has 244 valence electrons. The number of para-hydroxylation sites is 1. The molecule has 2 aliphatic rings. The van der Waals surface area contributed by atoms with E-state index in [-0.39, 0.29) is 5.92 Å². The molecule has 1 aliphatic heterocycles. The Labute approximate surface area is 300 Å². The highest BCUT2D eigenvalue weighted by Gasteiger charge is 2.29. The molecule has 0 saturated carbocycles. The second kappa shape index (κ2) is 11.4. The Balaban J connectivity index is 1.40. The number of aliphatic imine (C=N–C) groups is 1. The molecule has 0 unspecified atom stereocenters. The lowest BCUT2D eigenvalue weighted by molar-refractivity contribution is 0.847. The van der Waals surface area contributed by atoms with Crippen LogP contribution in [0.25, 0.3) is 83.0 Å². The van der Waals surface area contributed by atoms with Gasteiger partial charge in [0.1, 0.15) is 5.82 Å². The van der Waals surface area contributed by atoms with Crippen LogP contribution in [-0.4, -0.2) is 19.7 Å². The lowest BCUT2D eigenvalue weighted by Crippen LogP contribution is -2.19. The number of benzene rings is 6. The maximum Gasteiger partial charge on any atom is 0.145 e. The molecule has 0 fully saturated rings. The van der Waals surface area contributed by atoms with Crippen molar-refractivity contribution in [3.8, 4) is 22.6 Å². The number of fused-ring (bicyclic) bond motifs is 11. The average molecular weight is 665 g/mol. The summed E-state index contributed by atoms with van der Waals surface area (Å²) in [7, 11) is 0. The summed E-state index contributed by atoms with van der Waals surface area (Å²) in [5.74, 6) is 1.12. The molecule has 0 N–H and O–H groups in total. The van der Waals surface area contributed by atoms with Gasteiger partial charge in [0.15, 0.2) is 0 Å². The molecular weight excluding hydrogens is 633 g/mol. The molecule has 4 heterocycles. The molecule has 0 radical (unpaired) electrons. The summed E-state index contributed by atoms with van der Waals surface area (Å²) in [6, 6.07) is 54.3. The highest BCUT2D eigenvalue weighted by atomic mass is 15.1. The van der Waals surface area contributed by atoms with Crippen LogP contribution in [-0.2, 0) is 0 Å². The lowest BCUT2D eigenvalue weighted by atomic mass is 9.89. The molecule has 4 nitrogen and oxygen atoms in total. The van der Waals surface area contributed by atoms with Gasteiger partial charge in [-0.3, -0.25) is 9.39 Å². The summed E-state index contributed by atoms with van der Waals surface area (Å²) in [5, 5.41) is 6.01. The van der Waals surface area contributed by atoms with Gasteiger partial charge in [-0.15, -0.1) is 0 Å². The van der Waals surface area contributed by atoms with E-state index < -0.39 is 0 Å². The molecule has 1 atom stereocenters. The molecule has 0 saturated heterocycles. The van der Waals surface area contributed by atoms with Crippen molar-refractivity contribution < 1.29 is 0 Å². The Bertz CT molecular complexity index is 3010. The van der Waals surface area contributed by atoms with Crippen LogP contribution in [0, 0.1) is 5.92 Å². The number of aromatic nitrogens is 3. The third kappa shape index (κ3) is 4.21. The number of rotatable bonds is 4.